The fourth-order valence-corrected chi connectivity index (χ4v) is 2.75. The number of carbonyl (C=O) groups excluding carboxylic acids is 2. The first-order chi connectivity index (χ1) is 12.9. The van der Waals surface area contributed by atoms with Crippen molar-refractivity contribution >= 4 is 23.4 Å². The lowest BCUT2D eigenvalue weighted by Crippen LogP contribution is -2.48. The van der Waals surface area contributed by atoms with Crippen molar-refractivity contribution in [2.75, 3.05) is 13.7 Å². The number of amides is 2. The monoisotopic (exact) mass is 388 g/mol. The van der Waals surface area contributed by atoms with Gasteiger partial charge in [0.25, 0.3) is 5.91 Å². The summed E-state index contributed by atoms with van der Waals surface area (Å²) >= 11 is 5.92. The molecule has 0 saturated carbocycles. The maximum atomic E-state index is 12.8. The van der Waals surface area contributed by atoms with Crippen LogP contribution < -0.4 is 10.1 Å². The van der Waals surface area contributed by atoms with E-state index in [4.69, 9.17) is 16.3 Å². The van der Waals surface area contributed by atoms with Gasteiger partial charge in [-0.3, -0.25) is 9.59 Å². The van der Waals surface area contributed by atoms with Crippen LogP contribution in [-0.2, 0) is 22.6 Å². The summed E-state index contributed by atoms with van der Waals surface area (Å²) < 4.78 is 5.62. The average molecular weight is 389 g/mol. The fourth-order valence-electron chi connectivity index (χ4n) is 2.63. The molecule has 0 aliphatic rings. The van der Waals surface area contributed by atoms with Gasteiger partial charge < -0.3 is 15.0 Å². The highest BCUT2D eigenvalue weighted by Gasteiger charge is 2.25. The first kappa shape index (κ1) is 20.8. The Morgan fingerprint density at radius 1 is 1.07 bits per heavy atom. The Labute approximate surface area is 165 Å². The van der Waals surface area contributed by atoms with E-state index >= 15 is 0 Å². The number of halogens is 1. The smallest absolute Gasteiger partial charge is 0.261 e. The van der Waals surface area contributed by atoms with Crippen molar-refractivity contribution in [3.05, 3.63) is 64.7 Å². The Balaban J connectivity index is 2.09. The van der Waals surface area contributed by atoms with Crippen molar-refractivity contribution in [1.82, 2.24) is 10.2 Å². The van der Waals surface area contributed by atoms with Crippen LogP contribution in [0.5, 0.6) is 5.75 Å². The van der Waals surface area contributed by atoms with Gasteiger partial charge in [0.05, 0.1) is 0 Å². The topological polar surface area (TPSA) is 58.6 Å². The van der Waals surface area contributed by atoms with Crippen LogP contribution in [0.3, 0.4) is 0 Å². The largest absolute Gasteiger partial charge is 0.484 e. The van der Waals surface area contributed by atoms with Crippen LogP contribution in [0, 0.1) is 0 Å². The van der Waals surface area contributed by atoms with Gasteiger partial charge in [0.1, 0.15) is 11.8 Å². The molecule has 0 aliphatic heterocycles. The molecule has 5 nitrogen and oxygen atoms in total. The molecule has 0 aromatic heterocycles. The quantitative estimate of drug-likeness (QED) is 0.753. The van der Waals surface area contributed by atoms with Crippen molar-refractivity contribution in [3.63, 3.8) is 0 Å². The van der Waals surface area contributed by atoms with Gasteiger partial charge in [0, 0.05) is 18.6 Å². The van der Waals surface area contributed by atoms with Gasteiger partial charge in [-0.25, -0.2) is 0 Å². The van der Waals surface area contributed by atoms with Gasteiger partial charge in [-0.1, -0.05) is 42.8 Å². The summed E-state index contributed by atoms with van der Waals surface area (Å²) in [5.41, 5.74) is 2.09. The maximum Gasteiger partial charge on any atom is 0.261 e. The third-order valence-corrected chi connectivity index (χ3v) is 4.63. The van der Waals surface area contributed by atoms with Gasteiger partial charge in [-0.15, -0.1) is 0 Å². The second kappa shape index (κ2) is 9.97. The van der Waals surface area contributed by atoms with Crippen LogP contribution in [0.25, 0.3) is 0 Å². The minimum atomic E-state index is -0.621. The summed E-state index contributed by atoms with van der Waals surface area (Å²) in [5, 5.41) is 3.21. The molecule has 0 fully saturated rings. The molecule has 0 radical (unpaired) electrons. The Morgan fingerprint density at radius 3 is 2.22 bits per heavy atom. The molecule has 0 heterocycles. The molecule has 0 saturated heterocycles. The molecule has 1 N–H and O–H groups in total. The molecular formula is C21H25ClN2O3. The predicted octanol–water partition coefficient (Wildman–Crippen LogP) is 3.44. The summed E-state index contributed by atoms with van der Waals surface area (Å²) in [6, 6.07) is 14.2. The zero-order valence-corrected chi connectivity index (χ0v) is 16.6. The number of rotatable bonds is 8. The van der Waals surface area contributed by atoms with E-state index in [1.54, 1.807) is 26.1 Å². The molecule has 1 unspecified atom stereocenters. The third kappa shape index (κ3) is 6.00. The lowest BCUT2D eigenvalue weighted by molar-refractivity contribution is -0.142. The molecule has 1 atom stereocenters. The number of nitrogens with zero attached hydrogens (tertiary/aromatic N) is 1. The second-order valence-corrected chi connectivity index (χ2v) is 6.66. The van der Waals surface area contributed by atoms with Crippen LogP contribution in [0.15, 0.2) is 48.5 Å². The Morgan fingerprint density at radius 2 is 1.67 bits per heavy atom. The minimum Gasteiger partial charge on any atom is -0.484 e. The Hall–Kier alpha value is -2.53. The highest BCUT2D eigenvalue weighted by atomic mass is 35.5. The molecule has 2 amide bonds. The molecule has 144 valence electrons. The number of benzene rings is 2. The van der Waals surface area contributed by atoms with Crippen LogP contribution in [0.2, 0.25) is 5.02 Å². The third-order valence-electron chi connectivity index (χ3n) is 4.37. The number of hydrogen-bond acceptors (Lipinski definition) is 3. The molecule has 0 spiro atoms. The standard InChI is InChI=1S/C21H25ClN2O3/c1-4-16-7-11-19(12-8-16)27-14-20(25)24(15(2)21(26)23-3)13-17-5-9-18(22)10-6-17/h5-12,15H,4,13-14H2,1-3H3,(H,23,26). The minimum absolute atomic E-state index is 0.138. The second-order valence-electron chi connectivity index (χ2n) is 6.22. The van der Waals surface area contributed by atoms with Crippen molar-refractivity contribution in [2.24, 2.45) is 0 Å². The first-order valence-corrected chi connectivity index (χ1v) is 9.29. The normalized spacial score (nSPS) is 11.6. The molecule has 0 bridgehead atoms. The lowest BCUT2D eigenvalue weighted by atomic mass is 10.1. The van der Waals surface area contributed by atoms with E-state index in [1.165, 1.54) is 10.5 Å². The highest BCUT2D eigenvalue weighted by Crippen LogP contribution is 2.16. The Kier molecular flexibility index (Phi) is 7.67. The predicted molar refractivity (Wildman–Crippen MR) is 107 cm³/mol. The molecule has 27 heavy (non-hydrogen) atoms. The van der Waals surface area contributed by atoms with Crippen LogP contribution in [0.1, 0.15) is 25.0 Å². The number of ether oxygens (including phenoxy) is 1. The lowest BCUT2D eigenvalue weighted by Gasteiger charge is -2.28. The summed E-state index contributed by atoms with van der Waals surface area (Å²) in [5.74, 6) is 0.129. The van der Waals surface area contributed by atoms with E-state index in [0.29, 0.717) is 17.3 Å². The van der Waals surface area contributed by atoms with Crippen LogP contribution in [-0.4, -0.2) is 36.4 Å². The molecule has 0 aliphatic carbocycles. The summed E-state index contributed by atoms with van der Waals surface area (Å²) in [6.07, 6.45) is 0.942. The van der Waals surface area contributed by atoms with Crippen molar-refractivity contribution in [3.8, 4) is 5.75 Å². The van der Waals surface area contributed by atoms with E-state index < -0.39 is 6.04 Å². The van der Waals surface area contributed by atoms with Gasteiger partial charge >= 0.3 is 0 Å². The first-order valence-electron chi connectivity index (χ1n) is 8.91. The zero-order chi connectivity index (χ0) is 19.8. The van der Waals surface area contributed by atoms with Crippen molar-refractivity contribution in [1.29, 1.82) is 0 Å². The van der Waals surface area contributed by atoms with E-state index in [9.17, 15) is 9.59 Å². The van der Waals surface area contributed by atoms with Crippen molar-refractivity contribution in [2.45, 2.75) is 32.9 Å². The van der Waals surface area contributed by atoms with Crippen molar-refractivity contribution < 1.29 is 14.3 Å². The number of carbonyl (C=O) groups is 2. The maximum absolute atomic E-state index is 12.8. The number of likely N-dealkylation sites (N-methyl/N-ethyl adjacent to an activating group) is 1. The highest BCUT2D eigenvalue weighted by molar-refractivity contribution is 6.30. The number of hydrogen-bond donors (Lipinski definition) is 1. The van der Waals surface area contributed by atoms with E-state index in [0.717, 1.165) is 12.0 Å². The van der Waals surface area contributed by atoms with Crippen LogP contribution >= 0.6 is 11.6 Å². The fraction of sp³-hybridized carbons (Fsp3) is 0.333. The summed E-state index contributed by atoms with van der Waals surface area (Å²) in [4.78, 5) is 26.3. The summed E-state index contributed by atoms with van der Waals surface area (Å²) in [6.45, 7) is 3.93. The van der Waals surface area contributed by atoms with Gasteiger partial charge in [0.15, 0.2) is 6.61 Å². The molecule has 6 heteroatoms. The SMILES string of the molecule is CCc1ccc(OCC(=O)N(Cc2ccc(Cl)cc2)C(C)C(=O)NC)cc1. The zero-order valence-electron chi connectivity index (χ0n) is 15.9. The average Bonchev–Trinajstić information content (AvgIpc) is 2.70. The molecule has 2 aromatic rings. The number of nitrogens with one attached hydrogen (secondary N) is 1. The van der Waals surface area contributed by atoms with Gasteiger partial charge in [0.2, 0.25) is 5.91 Å². The van der Waals surface area contributed by atoms with E-state index in [1.807, 2.05) is 36.4 Å². The Bertz CT molecular complexity index is 760. The van der Waals surface area contributed by atoms with Crippen LogP contribution in [0.4, 0.5) is 0 Å². The molecule has 2 rings (SSSR count). The van der Waals surface area contributed by atoms with Gasteiger partial charge in [-0.05, 0) is 48.7 Å². The summed E-state index contributed by atoms with van der Waals surface area (Å²) in [7, 11) is 1.55. The van der Waals surface area contributed by atoms with E-state index in [2.05, 4.69) is 12.2 Å². The number of aryl methyl sites for hydroxylation is 1. The van der Waals surface area contributed by atoms with E-state index in [-0.39, 0.29) is 18.4 Å². The van der Waals surface area contributed by atoms with Gasteiger partial charge in [-0.2, -0.15) is 0 Å². The molecule has 2 aromatic carbocycles. The molecular weight excluding hydrogens is 364 g/mol.